The van der Waals surface area contributed by atoms with Crippen molar-refractivity contribution >= 4 is 23.6 Å². The van der Waals surface area contributed by atoms with Crippen molar-refractivity contribution < 1.29 is 49.8 Å². The number of nitrogens with zero attached hydrogens (tertiary/aromatic N) is 2. The molecule has 2 atom stereocenters. The zero-order valence-electron chi connectivity index (χ0n) is 24.7. The van der Waals surface area contributed by atoms with Crippen molar-refractivity contribution in [2.75, 3.05) is 6.54 Å². The van der Waals surface area contributed by atoms with Crippen molar-refractivity contribution in [1.29, 1.82) is 0 Å². The Hall–Kier alpha value is -4.07. The van der Waals surface area contributed by atoms with Crippen LogP contribution in [-0.2, 0) is 21.5 Å². The summed E-state index contributed by atoms with van der Waals surface area (Å²) in [4.78, 5) is 31.8. The van der Waals surface area contributed by atoms with E-state index in [0.717, 1.165) is 12.1 Å². The number of rotatable bonds is 9. The minimum Gasteiger partial charge on any atom is -0.444 e. The smallest absolute Gasteiger partial charge is 0.444 e. The lowest BCUT2D eigenvalue weighted by Gasteiger charge is -2.37. The number of nitrogens with one attached hydrogen (secondary N) is 1. The van der Waals surface area contributed by atoms with Crippen LogP contribution in [0.5, 0.6) is 5.75 Å². The van der Waals surface area contributed by atoms with Gasteiger partial charge in [0.15, 0.2) is 0 Å². The van der Waals surface area contributed by atoms with E-state index in [2.05, 4.69) is 15.0 Å². The van der Waals surface area contributed by atoms with Crippen LogP contribution in [0.3, 0.4) is 0 Å². The lowest BCUT2D eigenvalue weighted by molar-refractivity contribution is -0.253. The van der Waals surface area contributed by atoms with Crippen molar-refractivity contribution in [3.05, 3.63) is 94.5 Å². The van der Waals surface area contributed by atoms with Gasteiger partial charge < -0.3 is 14.8 Å². The number of carbonyl (C=O) groups excluding carboxylic acids is 2. The summed E-state index contributed by atoms with van der Waals surface area (Å²) in [7, 11) is 0. The summed E-state index contributed by atoms with van der Waals surface area (Å²) in [6.45, 7) is 3.37. The quantitative estimate of drug-likeness (QED) is 0.240. The first-order valence-corrected chi connectivity index (χ1v) is 14.2. The number of benzene rings is 2. The Bertz CT molecular complexity index is 1560. The fraction of sp³-hybridized carbons (Fsp3) is 0.387. The highest BCUT2D eigenvalue weighted by molar-refractivity contribution is 6.30. The molecule has 0 bridgehead atoms. The predicted molar refractivity (Wildman–Crippen MR) is 153 cm³/mol. The number of aromatic nitrogens is 1. The maximum atomic E-state index is 15.1. The molecule has 2 aromatic carbocycles. The van der Waals surface area contributed by atoms with Gasteiger partial charge in [0.2, 0.25) is 5.91 Å². The third kappa shape index (κ3) is 8.20. The van der Waals surface area contributed by atoms with Gasteiger partial charge in [0.25, 0.3) is 5.92 Å². The van der Waals surface area contributed by atoms with E-state index in [9.17, 15) is 35.9 Å². The third-order valence-electron chi connectivity index (χ3n) is 6.89. The van der Waals surface area contributed by atoms with E-state index in [1.165, 1.54) is 39.1 Å². The van der Waals surface area contributed by atoms with Gasteiger partial charge in [-0.25, -0.2) is 18.0 Å². The fourth-order valence-electron chi connectivity index (χ4n) is 4.98. The molecular weight excluding hydrogens is 647 g/mol. The Morgan fingerprint density at radius 3 is 2.35 bits per heavy atom. The summed E-state index contributed by atoms with van der Waals surface area (Å²) in [5.41, 5.74) is -3.09. The Kier molecular flexibility index (Phi) is 9.81. The second-order valence-electron chi connectivity index (χ2n) is 11.7. The van der Waals surface area contributed by atoms with Crippen molar-refractivity contribution in [3.8, 4) is 5.75 Å². The van der Waals surface area contributed by atoms with Crippen molar-refractivity contribution in [2.45, 2.75) is 69.3 Å². The molecule has 3 aromatic rings. The summed E-state index contributed by atoms with van der Waals surface area (Å²) in [5, 5.41) is 2.75. The zero-order valence-corrected chi connectivity index (χ0v) is 25.4. The molecule has 1 aromatic heterocycles. The summed E-state index contributed by atoms with van der Waals surface area (Å²) >= 11 is 6.04. The molecule has 1 N–H and O–H groups in total. The number of alkyl halides is 6. The number of carbonyl (C=O) groups is 2. The van der Waals surface area contributed by atoms with E-state index in [1.54, 1.807) is 30.3 Å². The van der Waals surface area contributed by atoms with Crippen LogP contribution in [0.4, 0.5) is 35.5 Å². The van der Waals surface area contributed by atoms with E-state index in [-0.39, 0.29) is 22.7 Å². The normalized spacial score (nSPS) is 17.8. The Morgan fingerprint density at radius 1 is 1.09 bits per heavy atom. The maximum absolute atomic E-state index is 15.1. The standard InChI is InChI=1S/C31H29ClF7N3O4/c1-28(2,3)46-27(44)42-17-29(36,37)15-23(42)25(43)41-30(14-18-7-5-4-6-8-18,24-10-9-20(32)16-40-24)19-11-21(33)13-22(12-19)45-31(38,39)26(34)35/h4-13,16,23,26H,14-15,17H2,1-3H3,(H,41,43)/t23-,30-/m0/s1. The molecule has 0 radical (unpaired) electrons. The van der Waals surface area contributed by atoms with Gasteiger partial charge in [-0.3, -0.25) is 14.7 Å². The average Bonchev–Trinajstić information content (AvgIpc) is 3.28. The highest BCUT2D eigenvalue weighted by atomic mass is 35.5. The molecule has 0 unspecified atom stereocenters. The van der Waals surface area contributed by atoms with Gasteiger partial charge in [-0.15, -0.1) is 0 Å². The molecular formula is C31H29ClF7N3O4. The van der Waals surface area contributed by atoms with E-state index in [4.69, 9.17) is 16.3 Å². The van der Waals surface area contributed by atoms with Crippen LogP contribution in [0.25, 0.3) is 0 Å². The lowest BCUT2D eigenvalue weighted by Crippen LogP contribution is -2.55. The van der Waals surface area contributed by atoms with Crippen LogP contribution >= 0.6 is 11.6 Å². The second kappa shape index (κ2) is 13.0. The molecule has 2 amide bonds. The van der Waals surface area contributed by atoms with Crippen molar-refractivity contribution in [1.82, 2.24) is 15.2 Å². The SMILES string of the molecule is CC(C)(C)OC(=O)N1CC(F)(F)C[C@H]1C(=O)N[C@@](Cc1ccccc1)(c1cc(F)cc(OC(F)(F)C(F)F)c1)c1ccc(Cl)cn1. The summed E-state index contributed by atoms with van der Waals surface area (Å²) in [5.74, 6) is -6.90. The highest BCUT2D eigenvalue weighted by Crippen LogP contribution is 2.39. The number of likely N-dealkylation sites (tertiary alicyclic amines) is 1. The Morgan fingerprint density at radius 2 is 1.76 bits per heavy atom. The molecule has 1 fully saturated rings. The van der Waals surface area contributed by atoms with Gasteiger partial charge in [-0.05, 0) is 56.2 Å². The fourth-order valence-corrected chi connectivity index (χ4v) is 5.09. The van der Waals surface area contributed by atoms with Crippen LogP contribution in [0.2, 0.25) is 5.02 Å². The molecule has 4 rings (SSSR count). The molecule has 1 aliphatic rings. The van der Waals surface area contributed by atoms with Gasteiger partial charge in [-0.2, -0.15) is 17.6 Å². The third-order valence-corrected chi connectivity index (χ3v) is 7.11. The van der Waals surface area contributed by atoms with Crippen LogP contribution in [0.1, 0.15) is 44.0 Å². The van der Waals surface area contributed by atoms with Crippen LogP contribution in [0, 0.1) is 5.82 Å². The summed E-state index contributed by atoms with van der Waals surface area (Å²) in [6, 6.07) is 11.1. The van der Waals surface area contributed by atoms with Gasteiger partial charge >= 0.3 is 18.6 Å². The maximum Gasteiger partial charge on any atom is 0.461 e. The number of hydrogen-bond acceptors (Lipinski definition) is 5. The molecule has 2 heterocycles. The summed E-state index contributed by atoms with van der Waals surface area (Å²) < 4.78 is 108. The monoisotopic (exact) mass is 675 g/mol. The van der Waals surface area contributed by atoms with E-state index < -0.39 is 72.2 Å². The molecule has 1 aliphatic heterocycles. The number of halogens is 8. The first-order valence-electron chi connectivity index (χ1n) is 13.8. The minimum absolute atomic E-state index is 0.0696. The van der Waals surface area contributed by atoms with Gasteiger partial charge in [-0.1, -0.05) is 41.9 Å². The zero-order chi connectivity index (χ0) is 34.1. The molecule has 0 spiro atoms. The lowest BCUT2D eigenvalue weighted by atomic mass is 9.80. The Balaban J connectivity index is 1.90. The molecule has 1 saturated heterocycles. The van der Waals surface area contributed by atoms with E-state index in [1.807, 2.05) is 0 Å². The molecule has 0 saturated carbocycles. The number of ether oxygens (including phenoxy) is 2. The van der Waals surface area contributed by atoms with Crippen LogP contribution in [-0.4, -0.2) is 58.5 Å². The molecule has 7 nitrogen and oxygen atoms in total. The number of hydrogen-bond donors (Lipinski definition) is 1. The van der Waals surface area contributed by atoms with Gasteiger partial charge in [0, 0.05) is 25.1 Å². The average molecular weight is 676 g/mol. The van der Waals surface area contributed by atoms with Gasteiger partial charge in [0.05, 0.1) is 17.3 Å². The topological polar surface area (TPSA) is 80.8 Å². The number of pyridine rings is 1. The molecule has 46 heavy (non-hydrogen) atoms. The predicted octanol–water partition coefficient (Wildman–Crippen LogP) is 7.36. The highest BCUT2D eigenvalue weighted by Gasteiger charge is 2.53. The van der Waals surface area contributed by atoms with E-state index >= 15 is 4.39 Å². The van der Waals surface area contributed by atoms with Crippen LogP contribution in [0.15, 0.2) is 66.9 Å². The molecule has 15 heteroatoms. The minimum atomic E-state index is -5.02. The number of amides is 2. The summed E-state index contributed by atoms with van der Waals surface area (Å²) in [6.07, 6.45) is -10.7. The van der Waals surface area contributed by atoms with Crippen molar-refractivity contribution in [2.24, 2.45) is 0 Å². The second-order valence-corrected chi connectivity index (χ2v) is 12.2. The van der Waals surface area contributed by atoms with Crippen molar-refractivity contribution in [3.63, 3.8) is 0 Å². The molecule has 248 valence electrons. The van der Waals surface area contributed by atoms with E-state index in [0.29, 0.717) is 16.5 Å². The molecule has 0 aliphatic carbocycles. The largest absolute Gasteiger partial charge is 0.461 e. The van der Waals surface area contributed by atoms with Crippen LogP contribution < -0.4 is 10.1 Å². The first kappa shape index (κ1) is 34.8. The first-order chi connectivity index (χ1) is 21.3. The Labute approximate surface area is 264 Å². The van der Waals surface area contributed by atoms with Gasteiger partial charge in [0.1, 0.15) is 28.7 Å².